The highest BCUT2D eigenvalue weighted by Gasteiger charge is 2.26. The first-order valence-corrected chi connectivity index (χ1v) is 5.44. The van der Waals surface area contributed by atoms with Crippen molar-refractivity contribution >= 4 is 17.2 Å². The number of thiophene rings is 1. The highest BCUT2D eigenvalue weighted by molar-refractivity contribution is 7.09. The summed E-state index contributed by atoms with van der Waals surface area (Å²) in [6, 6.07) is 4.12. The van der Waals surface area contributed by atoms with Crippen LogP contribution in [0.3, 0.4) is 0 Å². The van der Waals surface area contributed by atoms with Crippen molar-refractivity contribution in [2.45, 2.75) is 19.9 Å². The smallest absolute Gasteiger partial charge is 0.223 e. The molecule has 1 aromatic rings. The molecule has 1 unspecified atom stereocenters. The van der Waals surface area contributed by atoms with Crippen LogP contribution in [0.2, 0.25) is 0 Å². The zero-order valence-corrected chi connectivity index (χ0v) is 8.51. The number of hydrogen-bond acceptors (Lipinski definition) is 2. The largest absolute Gasteiger partial charge is 0.337 e. The predicted molar refractivity (Wildman–Crippen MR) is 53.5 cm³/mol. The summed E-state index contributed by atoms with van der Waals surface area (Å²) in [5, 5.41) is 2.05. The first-order valence-electron chi connectivity index (χ1n) is 4.56. The maximum atomic E-state index is 11.4. The van der Waals surface area contributed by atoms with Gasteiger partial charge in [-0.15, -0.1) is 11.3 Å². The molecule has 2 heterocycles. The van der Waals surface area contributed by atoms with Gasteiger partial charge < -0.3 is 4.90 Å². The van der Waals surface area contributed by atoms with E-state index in [1.807, 2.05) is 11.0 Å². The van der Waals surface area contributed by atoms with Crippen LogP contribution >= 0.6 is 11.3 Å². The van der Waals surface area contributed by atoms with Crippen LogP contribution in [0, 0.1) is 5.92 Å². The molecular formula is C10H13NOS. The molecule has 1 saturated heterocycles. The van der Waals surface area contributed by atoms with Crippen LogP contribution in [0.25, 0.3) is 0 Å². The molecule has 0 N–H and O–H groups in total. The average Bonchev–Trinajstić information content (AvgIpc) is 2.63. The van der Waals surface area contributed by atoms with E-state index in [0.717, 1.165) is 19.5 Å². The normalized spacial score (nSPS) is 22.7. The van der Waals surface area contributed by atoms with E-state index in [0.29, 0.717) is 11.8 Å². The number of rotatable bonds is 2. The van der Waals surface area contributed by atoms with Crippen molar-refractivity contribution < 1.29 is 4.79 Å². The Bertz CT molecular complexity index is 294. The van der Waals surface area contributed by atoms with E-state index in [9.17, 15) is 4.79 Å². The van der Waals surface area contributed by atoms with Crippen molar-refractivity contribution in [3.05, 3.63) is 22.4 Å². The molecule has 70 valence electrons. The second-order valence-corrected chi connectivity index (χ2v) is 4.70. The van der Waals surface area contributed by atoms with Gasteiger partial charge in [-0.3, -0.25) is 4.79 Å². The minimum absolute atomic E-state index is 0.306. The first-order chi connectivity index (χ1) is 6.25. The zero-order chi connectivity index (χ0) is 9.26. The summed E-state index contributed by atoms with van der Waals surface area (Å²) in [5.41, 5.74) is 0. The van der Waals surface area contributed by atoms with Crippen LogP contribution in [0.4, 0.5) is 0 Å². The molecule has 1 aromatic heterocycles. The molecule has 0 aromatic carbocycles. The van der Waals surface area contributed by atoms with Crippen LogP contribution in [-0.4, -0.2) is 17.4 Å². The van der Waals surface area contributed by atoms with Crippen LogP contribution in [0.5, 0.6) is 0 Å². The van der Waals surface area contributed by atoms with Crippen molar-refractivity contribution in [2.75, 3.05) is 6.54 Å². The van der Waals surface area contributed by atoms with E-state index in [2.05, 4.69) is 18.4 Å². The molecule has 1 aliphatic heterocycles. The quantitative estimate of drug-likeness (QED) is 0.708. The van der Waals surface area contributed by atoms with Crippen LogP contribution in [0.15, 0.2) is 17.5 Å². The predicted octanol–water partition coefficient (Wildman–Crippen LogP) is 2.12. The Morgan fingerprint density at radius 2 is 2.54 bits per heavy atom. The van der Waals surface area contributed by atoms with Crippen LogP contribution in [-0.2, 0) is 11.3 Å². The summed E-state index contributed by atoms with van der Waals surface area (Å²) in [6.45, 7) is 3.86. The molecule has 1 atom stereocenters. The van der Waals surface area contributed by atoms with Crippen molar-refractivity contribution in [3.8, 4) is 0 Å². The lowest BCUT2D eigenvalue weighted by Gasteiger charge is -2.14. The van der Waals surface area contributed by atoms with Gasteiger partial charge in [0.25, 0.3) is 0 Å². The van der Waals surface area contributed by atoms with Gasteiger partial charge in [0.05, 0.1) is 6.54 Å². The lowest BCUT2D eigenvalue weighted by molar-refractivity contribution is -0.128. The topological polar surface area (TPSA) is 20.3 Å². The van der Waals surface area contributed by atoms with Crippen LogP contribution < -0.4 is 0 Å². The van der Waals surface area contributed by atoms with Gasteiger partial charge in [0.15, 0.2) is 0 Å². The number of nitrogens with zero attached hydrogens (tertiary/aromatic N) is 1. The zero-order valence-electron chi connectivity index (χ0n) is 7.69. The van der Waals surface area contributed by atoms with Gasteiger partial charge in [0.1, 0.15) is 0 Å². The molecule has 0 bridgehead atoms. The maximum absolute atomic E-state index is 11.4. The standard InChI is InChI=1S/C10H13NOS/c1-8-5-10(12)11(6-8)7-9-3-2-4-13-9/h2-4,8H,5-7H2,1H3. The van der Waals surface area contributed by atoms with Gasteiger partial charge in [-0.25, -0.2) is 0 Å². The Morgan fingerprint density at radius 1 is 1.69 bits per heavy atom. The second-order valence-electron chi connectivity index (χ2n) is 3.66. The van der Waals surface area contributed by atoms with E-state index < -0.39 is 0 Å². The Balaban J connectivity index is 1.99. The minimum Gasteiger partial charge on any atom is -0.337 e. The van der Waals surface area contributed by atoms with Gasteiger partial charge >= 0.3 is 0 Å². The van der Waals surface area contributed by atoms with E-state index in [1.165, 1.54) is 4.88 Å². The third-order valence-corrected chi connectivity index (χ3v) is 3.20. The lowest BCUT2D eigenvalue weighted by atomic mass is 10.2. The maximum Gasteiger partial charge on any atom is 0.223 e. The molecule has 1 fully saturated rings. The van der Waals surface area contributed by atoms with E-state index >= 15 is 0 Å². The van der Waals surface area contributed by atoms with Gasteiger partial charge in [0.2, 0.25) is 5.91 Å². The molecule has 0 radical (unpaired) electrons. The Morgan fingerprint density at radius 3 is 3.08 bits per heavy atom. The Labute approximate surface area is 82.2 Å². The fourth-order valence-electron chi connectivity index (χ4n) is 1.71. The molecule has 0 aliphatic carbocycles. The Hall–Kier alpha value is -0.830. The number of carbonyl (C=O) groups is 1. The number of likely N-dealkylation sites (tertiary alicyclic amines) is 1. The molecule has 0 saturated carbocycles. The van der Waals surface area contributed by atoms with Gasteiger partial charge in [-0.1, -0.05) is 13.0 Å². The Kier molecular flexibility index (Phi) is 2.36. The number of hydrogen-bond donors (Lipinski definition) is 0. The van der Waals surface area contributed by atoms with Crippen molar-refractivity contribution in [1.29, 1.82) is 0 Å². The molecular weight excluding hydrogens is 182 g/mol. The molecule has 2 rings (SSSR count). The van der Waals surface area contributed by atoms with E-state index in [4.69, 9.17) is 0 Å². The monoisotopic (exact) mass is 195 g/mol. The third kappa shape index (κ3) is 1.91. The van der Waals surface area contributed by atoms with Crippen molar-refractivity contribution in [3.63, 3.8) is 0 Å². The van der Waals surface area contributed by atoms with E-state index in [1.54, 1.807) is 11.3 Å². The number of amides is 1. The molecule has 3 heteroatoms. The first kappa shape index (κ1) is 8.75. The SMILES string of the molecule is CC1CC(=O)N(Cc2cccs2)C1. The number of carbonyl (C=O) groups excluding carboxylic acids is 1. The van der Waals surface area contributed by atoms with Gasteiger partial charge in [-0.05, 0) is 17.4 Å². The summed E-state index contributed by atoms with van der Waals surface area (Å²) < 4.78 is 0. The van der Waals surface area contributed by atoms with Crippen molar-refractivity contribution in [2.24, 2.45) is 5.92 Å². The molecule has 13 heavy (non-hydrogen) atoms. The second kappa shape index (κ2) is 3.50. The summed E-state index contributed by atoms with van der Waals surface area (Å²) in [5.74, 6) is 0.841. The summed E-state index contributed by atoms with van der Waals surface area (Å²) in [4.78, 5) is 14.7. The minimum atomic E-state index is 0.306. The highest BCUT2D eigenvalue weighted by Crippen LogP contribution is 2.20. The van der Waals surface area contributed by atoms with Crippen molar-refractivity contribution in [1.82, 2.24) is 4.90 Å². The van der Waals surface area contributed by atoms with E-state index in [-0.39, 0.29) is 0 Å². The third-order valence-electron chi connectivity index (χ3n) is 2.33. The fraction of sp³-hybridized carbons (Fsp3) is 0.500. The molecule has 0 spiro atoms. The summed E-state index contributed by atoms with van der Waals surface area (Å²) >= 11 is 1.72. The summed E-state index contributed by atoms with van der Waals surface area (Å²) in [7, 11) is 0. The highest BCUT2D eigenvalue weighted by atomic mass is 32.1. The van der Waals surface area contributed by atoms with Gasteiger partial charge in [0, 0.05) is 17.8 Å². The molecule has 2 nitrogen and oxygen atoms in total. The fourth-order valence-corrected chi connectivity index (χ4v) is 2.43. The molecule has 1 aliphatic rings. The lowest BCUT2D eigenvalue weighted by Crippen LogP contribution is -2.23. The molecule has 1 amide bonds. The van der Waals surface area contributed by atoms with Gasteiger partial charge in [-0.2, -0.15) is 0 Å². The average molecular weight is 195 g/mol. The summed E-state index contributed by atoms with van der Waals surface area (Å²) in [6.07, 6.45) is 0.728. The van der Waals surface area contributed by atoms with Crippen LogP contribution in [0.1, 0.15) is 18.2 Å².